The Bertz CT molecular complexity index is 1410. The molecule has 0 N–H and O–H groups in total. The minimum absolute atomic E-state index is 0.0843. The molecule has 40 heavy (non-hydrogen) atoms. The number of unbranched alkanes of at least 4 members (excludes halogenated alkanes) is 10. The standard InChI is InChI=1S/C35H42Br2N2S/c1-3-5-7-9-11-15-21-35(22-16-12-10-8-6-4-2)28-18-14-13-17-26(28)27-20-19-25(23-29(27)35)30-24-38-31-32(39-30)34(37)40-33(31)36/h13-14,17-20,23-24H,3-12,15-16,21-22H2,1-2H3. The van der Waals surface area contributed by atoms with Gasteiger partial charge in [-0.1, -0.05) is 127 Å². The number of fused-ring (bicyclic) bond motifs is 4. The van der Waals surface area contributed by atoms with Gasteiger partial charge in [-0.05, 0) is 73.0 Å². The zero-order chi connectivity index (χ0) is 28.0. The fourth-order valence-corrected chi connectivity index (χ4v) is 9.51. The first kappa shape index (κ1) is 29.9. The molecule has 4 aromatic rings. The first-order chi connectivity index (χ1) is 19.6. The van der Waals surface area contributed by atoms with Crippen molar-refractivity contribution in [3.63, 3.8) is 0 Å². The van der Waals surface area contributed by atoms with Crippen molar-refractivity contribution >= 4 is 54.2 Å². The molecule has 0 aliphatic heterocycles. The summed E-state index contributed by atoms with van der Waals surface area (Å²) < 4.78 is 2.05. The molecule has 5 heteroatoms. The van der Waals surface area contributed by atoms with Crippen LogP contribution in [0.4, 0.5) is 0 Å². The highest BCUT2D eigenvalue weighted by Gasteiger charge is 2.42. The van der Waals surface area contributed by atoms with E-state index in [1.54, 1.807) is 16.9 Å². The largest absolute Gasteiger partial charge is 0.250 e. The van der Waals surface area contributed by atoms with Crippen LogP contribution in [-0.4, -0.2) is 9.97 Å². The number of thiophene rings is 1. The molecule has 212 valence electrons. The molecule has 2 aromatic heterocycles. The summed E-state index contributed by atoms with van der Waals surface area (Å²) in [5.74, 6) is 0. The van der Waals surface area contributed by atoms with Gasteiger partial charge in [-0.25, -0.2) is 4.98 Å². The van der Waals surface area contributed by atoms with E-state index in [0.29, 0.717) is 0 Å². The van der Waals surface area contributed by atoms with Gasteiger partial charge in [0.15, 0.2) is 0 Å². The summed E-state index contributed by atoms with van der Waals surface area (Å²) >= 11 is 8.98. The number of benzene rings is 2. The molecular formula is C35H42Br2N2S. The predicted molar refractivity (Wildman–Crippen MR) is 180 cm³/mol. The van der Waals surface area contributed by atoms with Crippen molar-refractivity contribution in [2.45, 2.75) is 109 Å². The van der Waals surface area contributed by atoms with E-state index < -0.39 is 0 Å². The molecule has 0 saturated heterocycles. The molecule has 1 aliphatic carbocycles. The van der Waals surface area contributed by atoms with Gasteiger partial charge in [0, 0.05) is 11.0 Å². The lowest BCUT2D eigenvalue weighted by Crippen LogP contribution is -2.25. The van der Waals surface area contributed by atoms with E-state index in [1.807, 2.05) is 6.20 Å². The maximum absolute atomic E-state index is 5.07. The SMILES string of the molecule is CCCCCCCCC1(CCCCCCCC)c2ccccc2-c2ccc(-c3cnc4c(Br)sc(Br)c4n3)cc21. The number of hydrogen-bond acceptors (Lipinski definition) is 3. The Morgan fingerprint density at radius 1 is 0.675 bits per heavy atom. The molecule has 2 aromatic carbocycles. The molecule has 0 fully saturated rings. The summed E-state index contributed by atoms with van der Waals surface area (Å²) in [6.45, 7) is 4.61. The Balaban J connectivity index is 1.50. The predicted octanol–water partition coefficient (Wildman–Crippen LogP) is 12.7. The van der Waals surface area contributed by atoms with Gasteiger partial charge in [0.25, 0.3) is 0 Å². The van der Waals surface area contributed by atoms with Crippen LogP contribution in [0.25, 0.3) is 33.4 Å². The van der Waals surface area contributed by atoms with Gasteiger partial charge in [0.1, 0.15) is 11.0 Å². The molecule has 2 nitrogen and oxygen atoms in total. The van der Waals surface area contributed by atoms with Crippen LogP contribution < -0.4 is 0 Å². The first-order valence-corrected chi connectivity index (χ1v) is 17.8. The van der Waals surface area contributed by atoms with E-state index in [9.17, 15) is 0 Å². The van der Waals surface area contributed by atoms with E-state index in [1.165, 1.54) is 112 Å². The lowest BCUT2D eigenvalue weighted by molar-refractivity contribution is 0.398. The second-order valence-electron chi connectivity index (χ2n) is 11.5. The minimum Gasteiger partial charge on any atom is -0.250 e. The average Bonchev–Trinajstić information content (AvgIpc) is 3.42. The molecule has 0 bridgehead atoms. The van der Waals surface area contributed by atoms with Crippen molar-refractivity contribution in [2.75, 3.05) is 0 Å². The van der Waals surface area contributed by atoms with Gasteiger partial charge in [-0.3, -0.25) is 4.98 Å². The fraction of sp³-hybridized carbons (Fsp3) is 0.486. The topological polar surface area (TPSA) is 25.8 Å². The van der Waals surface area contributed by atoms with Crippen LogP contribution in [0, 0.1) is 0 Å². The maximum atomic E-state index is 5.07. The molecule has 5 rings (SSSR count). The summed E-state index contributed by atoms with van der Waals surface area (Å²) in [5.41, 5.74) is 9.99. The van der Waals surface area contributed by atoms with Crippen molar-refractivity contribution in [3.05, 3.63) is 67.4 Å². The highest BCUT2D eigenvalue weighted by Crippen LogP contribution is 2.55. The maximum Gasteiger partial charge on any atom is 0.116 e. The van der Waals surface area contributed by atoms with Crippen LogP contribution in [0.3, 0.4) is 0 Å². The normalized spacial score (nSPS) is 13.6. The van der Waals surface area contributed by atoms with Crippen molar-refractivity contribution in [1.29, 1.82) is 0 Å². The summed E-state index contributed by atoms with van der Waals surface area (Å²) in [5, 5.41) is 0. The summed E-state index contributed by atoms with van der Waals surface area (Å²) in [7, 11) is 0. The number of aromatic nitrogens is 2. The van der Waals surface area contributed by atoms with Gasteiger partial charge in [0.2, 0.25) is 0 Å². The van der Waals surface area contributed by atoms with Crippen LogP contribution in [0.5, 0.6) is 0 Å². The Morgan fingerprint density at radius 3 is 1.98 bits per heavy atom. The zero-order valence-electron chi connectivity index (χ0n) is 24.1. The zero-order valence-corrected chi connectivity index (χ0v) is 28.1. The summed E-state index contributed by atoms with van der Waals surface area (Å²) in [4.78, 5) is 9.86. The van der Waals surface area contributed by atoms with Crippen molar-refractivity contribution in [3.8, 4) is 22.4 Å². The van der Waals surface area contributed by atoms with E-state index >= 15 is 0 Å². The van der Waals surface area contributed by atoms with E-state index in [4.69, 9.17) is 9.97 Å². The Morgan fingerprint density at radius 2 is 1.27 bits per heavy atom. The molecule has 1 aliphatic rings. The van der Waals surface area contributed by atoms with E-state index in [-0.39, 0.29) is 5.41 Å². The molecule has 2 heterocycles. The molecule has 0 unspecified atom stereocenters. The van der Waals surface area contributed by atoms with Crippen LogP contribution in [0.1, 0.15) is 115 Å². The molecule has 0 radical (unpaired) electrons. The second-order valence-corrected chi connectivity index (χ2v) is 15.2. The monoisotopic (exact) mass is 680 g/mol. The van der Waals surface area contributed by atoms with E-state index in [2.05, 4.69) is 88.2 Å². The van der Waals surface area contributed by atoms with Crippen LogP contribution >= 0.6 is 43.2 Å². The third-order valence-corrected chi connectivity index (χ3v) is 11.3. The molecule has 0 atom stereocenters. The van der Waals surface area contributed by atoms with Crippen LogP contribution in [0.2, 0.25) is 0 Å². The third-order valence-electron chi connectivity index (χ3n) is 8.80. The van der Waals surface area contributed by atoms with Gasteiger partial charge in [-0.15, -0.1) is 11.3 Å². The van der Waals surface area contributed by atoms with Crippen molar-refractivity contribution < 1.29 is 0 Å². The van der Waals surface area contributed by atoms with Crippen molar-refractivity contribution in [2.24, 2.45) is 0 Å². The van der Waals surface area contributed by atoms with Gasteiger partial charge in [0.05, 0.1) is 19.5 Å². The number of nitrogens with zero attached hydrogens (tertiary/aromatic N) is 2. The second kappa shape index (κ2) is 14.1. The summed E-state index contributed by atoms with van der Waals surface area (Å²) in [6.07, 6.45) is 20.4. The van der Waals surface area contributed by atoms with Crippen LogP contribution in [0.15, 0.2) is 56.2 Å². The number of halogens is 2. The smallest absolute Gasteiger partial charge is 0.116 e. The van der Waals surface area contributed by atoms with Gasteiger partial charge >= 0.3 is 0 Å². The highest BCUT2D eigenvalue weighted by molar-refractivity contribution is 9.12. The highest BCUT2D eigenvalue weighted by atomic mass is 79.9. The Labute approximate surface area is 261 Å². The molecule has 0 spiro atoms. The quantitative estimate of drug-likeness (QED) is 0.117. The van der Waals surface area contributed by atoms with Crippen molar-refractivity contribution in [1.82, 2.24) is 9.97 Å². The average molecular weight is 683 g/mol. The fourth-order valence-electron chi connectivity index (χ4n) is 6.68. The Kier molecular flexibility index (Phi) is 10.5. The Hall–Kier alpha value is -1.56. The molecular weight excluding hydrogens is 640 g/mol. The lowest BCUT2D eigenvalue weighted by Gasteiger charge is -2.33. The first-order valence-electron chi connectivity index (χ1n) is 15.4. The minimum atomic E-state index is 0.0843. The molecule has 0 saturated carbocycles. The number of hydrogen-bond donors (Lipinski definition) is 0. The van der Waals surface area contributed by atoms with Crippen LogP contribution in [-0.2, 0) is 5.41 Å². The van der Waals surface area contributed by atoms with Gasteiger partial charge < -0.3 is 0 Å². The third kappa shape index (κ3) is 6.27. The summed E-state index contributed by atoms with van der Waals surface area (Å²) in [6, 6.07) is 16.3. The van der Waals surface area contributed by atoms with Gasteiger partial charge in [-0.2, -0.15) is 0 Å². The lowest BCUT2D eigenvalue weighted by atomic mass is 9.70. The van der Waals surface area contributed by atoms with E-state index in [0.717, 1.165) is 24.3 Å². The number of rotatable bonds is 15. The molecule has 0 amide bonds.